The Bertz CT molecular complexity index is 192. The smallest absolute Gasteiger partial charge is 0.122 e. The number of hydrogen-bond donors (Lipinski definition) is 0. The molecule has 1 aliphatic carbocycles. The molecule has 1 rings (SSSR count). The van der Waals surface area contributed by atoms with Crippen LogP contribution in [0.4, 0.5) is 8.78 Å². The molecule has 0 fully saturated rings. The molecule has 62 valence electrons. The summed E-state index contributed by atoms with van der Waals surface area (Å²) in [6.45, 7) is 2.02. The van der Waals surface area contributed by atoms with Gasteiger partial charge in [0.25, 0.3) is 0 Å². The fourth-order valence-corrected chi connectivity index (χ4v) is 1.35. The molecule has 0 saturated heterocycles. The fraction of sp³-hybridized carbons (Fsp3) is 0.556. The lowest BCUT2D eigenvalue weighted by Gasteiger charge is -2.13. The first-order valence-corrected chi connectivity index (χ1v) is 3.95. The predicted octanol–water partition coefficient (Wildman–Crippen LogP) is 3.51. The van der Waals surface area contributed by atoms with Gasteiger partial charge in [-0.15, -0.1) is 0 Å². The summed E-state index contributed by atoms with van der Waals surface area (Å²) >= 11 is 0. The maximum absolute atomic E-state index is 12.6. The third-order valence-electron chi connectivity index (χ3n) is 1.81. The summed E-state index contributed by atoms with van der Waals surface area (Å²) in [5.74, 6) is -0.680. The van der Waals surface area contributed by atoms with E-state index in [1.807, 2.05) is 6.92 Å². The fourth-order valence-electron chi connectivity index (χ4n) is 1.35. The van der Waals surface area contributed by atoms with E-state index in [1.165, 1.54) is 6.08 Å². The van der Waals surface area contributed by atoms with Crippen molar-refractivity contribution >= 4 is 0 Å². The van der Waals surface area contributed by atoms with Crippen LogP contribution in [-0.4, -0.2) is 0 Å². The van der Waals surface area contributed by atoms with E-state index in [4.69, 9.17) is 0 Å². The molecule has 0 aromatic rings. The van der Waals surface area contributed by atoms with Crippen molar-refractivity contribution in [3.8, 4) is 0 Å². The molecule has 1 aliphatic rings. The third-order valence-corrected chi connectivity index (χ3v) is 1.81. The number of allylic oxidation sites excluding steroid dienone is 4. The normalized spacial score (nSPS) is 24.5. The van der Waals surface area contributed by atoms with Crippen LogP contribution >= 0.6 is 0 Å². The quantitative estimate of drug-likeness (QED) is 0.576. The van der Waals surface area contributed by atoms with E-state index in [0.717, 1.165) is 18.9 Å². The largest absolute Gasteiger partial charge is 0.212 e. The van der Waals surface area contributed by atoms with Crippen LogP contribution in [0.2, 0.25) is 0 Å². The maximum Gasteiger partial charge on any atom is 0.122 e. The van der Waals surface area contributed by atoms with Crippen LogP contribution in [0.5, 0.6) is 0 Å². The number of rotatable bonds is 2. The Morgan fingerprint density at radius 2 is 2.27 bits per heavy atom. The van der Waals surface area contributed by atoms with Crippen molar-refractivity contribution < 1.29 is 8.78 Å². The van der Waals surface area contributed by atoms with E-state index in [-0.39, 0.29) is 11.7 Å². The Morgan fingerprint density at radius 1 is 1.55 bits per heavy atom. The molecule has 0 saturated carbocycles. The monoisotopic (exact) mass is 158 g/mol. The molecule has 0 radical (unpaired) electrons. The molecule has 0 bridgehead atoms. The second-order valence-electron chi connectivity index (χ2n) is 2.90. The summed E-state index contributed by atoms with van der Waals surface area (Å²) in [5, 5.41) is 0. The summed E-state index contributed by atoms with van der Waals surface area (Å²) in [5.41, 5.74) is 0. The van der Waals surface area contributed by atoms with Crippen LogP contribution < -0.4 is 0 Å². The maximum atomic E-state index is 12.6. The first-order valence-electron chi connectivity index (χ1n) is 3.95. The molecule has 0 amide bonds. The summed E-state index contributed by atoms with van der Waals surface area (Å²) < 4.78 is 25.1. The zero-order valence-corrected chi connectivity index (χ0v) is 6.61. The van der Waals surface area contributed by atoms with Crippen LogP contribution in [0.25, 0.3) is 0 Å². The van der Waals surface area contributed by atoms with Gasteiger partial charge in [0.05, 0.1) is 0 Å². The Morgan fingerprint density at radius 3 is 2.82 bits per heavy atom. The van der Waals surface area contributed by atoms with E-state index in [0.29, 0.717) is 6.42 Å². The van der Waals surface area contributed by atoms with Gasteiger partial charge in [-0.05, 0) is 18.4 Å². The zero-order chi connectivity index (χ0) is 8.27. The highest BCUT2D eigenvalue weighted by Crippen LogP contribution is 2.27. The molecule has 0 aromatic heterocycles. The van der Waals surface area contributed by atoms with Gasteiger partial charge in [-0.2, -0.15) is 0 Å². The second-order valence-corrected chi connectivity index (χ2v) is 2.90. The van der Waals surface area contributed by atoms with Crippen molar-refractivity contribution in [2.24, 2.45) is 5.92 Å². The molecule has 0 aromatic carbocycles. The molecule has 1 unspecified atom stereocenters. The van der Waals surface area contributed by atoms with Gasteiger partial charge in [0.2, 0.25) is 0 Å². The minimum atomic E-state index is -0.424. The number of hydrogen-bond acceptors (Lipinski definition) is 0. The van der Waals surface area contributed by atoms with Gasteiger partial charge >= 0.3 is 0 Å². The van der Waals surface area contributed by atoms with Crippen molar-refractivity contribution in [3.63, 3.8) is 0 Å². The predicted molar refractivity (Wildman–Crippen MR) is 41.4 cm³/mol. The Balaban J connectivity index is 2.56. The summed E-state index contributed by atoms with van der Waals surface area (Å²) in [4.78, 5) is 0. The molecule has 2 heteroatoms. The van der Waals surface area contributed by atoms with Gasteiger partial charge in [0.15, 0.2) is 0 Å². The molecule has 0 spiro atoms. The summed E-state index contributed by atoms with van der Waals surface area (Å²) in [6.07, 6.45) is 4.69. The summed E-state index contributed by atoms with van der Waals surface area (Å²) in [7, 11) is 0. The van der Waals surface area contributed by atoms with Crippen molar-refractivity contribution in [1.82, 2.24) is 0 Å². The van der Waals surface area contributed by atoms with Crippen LogP contribution in [-0.2, 0) is 0 Å². The van der Waals surface area contributed by atoms with Gasteiger partial charge < -0.3 is 0 Å². The SMILES string of the molecule is CCCC1C=C(F)C=C(F)C1. The highest BCUT2D eigenvalue weighted by atomic mass is 19.1. The van der Waals surface area contributed by atoms with Gasteiger partial charge in [0, 0.05) is 12.5 Å². The first kappa shape index (κ1) is 8.44. The lowest BCUT2D eigenvalue weighted by Crippen LogP contribution is -2.01. The lowest BCUT2D eigenvalue weighted by atomic mass is 9.95. The van der Waals surface area contributed by atoms with Crippen molar-refractivity contribution in [2.75, 3.05) is 0 Å². The zero-order valence-electron chi connectivity index (χ0n) is 6.61. The molecular formula is C9H12F2. The van der Waals surface area contributed by atoms with Crippen molar-refractivity contribution in [1.29, 1.82) is 0 Å². The van der Waals surface area contributed by atoms with Crippen LogP contribution in [0.3, 0.4) is 0 Å². The van der Waals surface area contributed by atoms with Crippen molar-refractivity contribution in [2.45, 2.75) is 26.2 Å². The van der Waals surface area contributed by atoms with Gasteiger partial charge in [-0.1, -0.05) is 13.3 Å². The van der Waals surface area contributed by atoms with E-state index in [2.05, 4.69) is 0 Å². The molecule has 0 aliphatic heterocycles. The topological polar surface area (TPSA) is 0 Å². The average Bonchev–Trinajstić information content (AvgIpc) is 1.85. The Labute approximate surface area is 65.6 Å². The van der Waals surface area contributed by atoms with E-state index in [1.54, 1.807) is 0 Å². The van der Waals surface area contributed by atoms with Crippen molar-refractivity contribution in [3.05, 3.63) is 23.8 Å². The Hall–Kier alpha value is -0.660. The average molecular weight is 158 g/mol. The van der Waals surface area contributed by atoms with Gasteiger partial charge in [-0.3, -0.25) is 0 Å². The van der Waals surface area contributed by atoms with Gasteiger partial charge in [-0.25, -0.2) is 8.78 Å². The highest BCUT2D eigenvalue weighted by molar-refractivity contribution is 5.20. The standard InChI is InChI=1S/C9H12F2/c1-2-3-7-4-8(10)6-9(11)5-7/h4,6-7H,2-3,5H2,1H3. The molecule has 0 N–H and O–H groups in total. The second kappa shape index (κ2) is 3.65. The Kier molecular flexibility index (Phi) is 2.80. The first-order chi connectivity index (χ1) is 5.22. The van der Waals surface area contributed by atoms with E-state index >= 15 is 0 Å². The number of halogens is 2. The third kappa shape index (κ3) is 2.45. The molecule has 0 nitrogen and oxygen atoms in total. The van der Waals surface area contributed by atoms with Gasteiger partial charge in [0.1, 0.15) is 11.7 Å². The summed E-state index contributed by atoms with van der Waals surface area (Å²) in [6, 6.07) is 0. The van der Waals surface area contributed by atoms with E-state index < -0.39 is 5.83 Å². The highest BCUT2D eigenvalue weighted by Gasteiger charge is 2.13. The minimum absolute atomic E-state index is 0.0741. The molecule has 0 heterocycles. The van der Waals surface area contributed by atoms with Crippen LogP contribution in [0, 0.1) is 5.92 Å². The molecular weight excluding hydrogens is 146 g/mol. The minimum Gasteiger partial charge on any atom is -0.212 e. The molecule has 1 atom stereocenters. The van der Waals surface area contributed by atoms with Crippen LogP contribution in [0.15, 0.2) is 23.8 Å². The molecule has 11 heavy (non-hydrogen) atoms. The van der Waals surface area contributed by atoms with E-state index in [9.17, 15) is 8.78 Å². The van der Waals surface area contributed by atoms with Crippen LogP contribution in [0.1, 0.15) is 26.2 Å². The lowest BCUT2D eigenvalue weighted by molar-refractivity contribution is 0.466.